The van der Waals surface area contributed by atoms with Crippen molar-refractivity contribution in [2.45, 2.75) is 0 Å². The van der Waals surface area contributed by atoms with E-state index in [1.807, 2.05) is 35.2 Å². The van der Waals surface area contributed by atoms with Crippen LogP contribution in [-0.4, -0.2) is 56.5 Å². The van der Waals surface area contributed by atoms with Crippen molar-refractivity contribution in [3.8, 4) is 5.75 Å². The van der Waals surface area contributed by atoms with Gasteiger partial charge in [0.2, 0.25) is 0 Å². The van der Waals surface area contributed by atoms with Crippen LogP contribution in [0.5, 0.6) is 5.75 Å². The molecule has 3 rings (SSSR count). The van der Waals surface area contributed by atoms with Crippen molar-refractivity contribution in [2.24, 2.45) is 0 Å². The van der Waals surface area contributed by atoms with Gasteiger partial charge in [0.25, 0.3) is 11.8 Å². The topological polar surface area (TPSA) is 63.1 Å². The molecule has 0 bridgehead atoms. The second-order valence-electron chi connectivity index (χ2n) is 6.48. The first-order valence-corrected chi connectivity index (χ1v) is 9.26. The van der Waals surface area contributed by atoms with Gasteiger partial charge in [0.1, 0.15) is 5.75 Å². The summed E-state index contributed by atoms with van der Waals surface area (Å²) in [5.41, 5.74) is 1.26. The first kappa shape index (κ1) is 19.2. The Bertz CT molecular complexity index is 805. The maximum atomic E-state index is 12.5. The number of piperazine rings is 1. The van der Waals surface area contributed by atoms with Crippen molar-refractivity contribution in [3.05, 3.63) is 59.1 Å². The number of carbonyl (C=O) groups is 2. The Kier molecular flexibility index (Phi) is 6.32. The van der Waals surface area contributed by atoms with Gasteiger partial charge in [-0.1, -0.05) is 29.8 Å². The molecule has 0 radical (unpaired) electrons. The molecule has 2 aromatic carbocycles. The average Bonchev–Trinajstić information content (AvgIpc) is 2.69. The lowest BCUT2D eigenvalue weighted by molar-refractivity contribution is -0.895. The van der Waals surface area contributed by atoms with Crippen LogP contribution in [0.3, 0.4) is 0 Å². The molecule has 2 amide bonds. The van der Waals surface area contributed by atoms with Gasteiger partial charge in [0.15, 0.2) is 6.54 Å². The third-order valence-electron chi connectivity index (χ3n) is 4.62. The van der Waals surface area contributed by atoms with Gasteiger partial charge in [-0.05, 0) is 30.3 Å². The molecule has 0 aromatic heterocycles. The molecule has 1 aliphatic heterocycles. The van der Waals surface area contributed by atoms with Gasteiger partial charge < -0.3 is 19.9 Å². The fraction of sp³-hybridized carbons (Fsp3) is 0.300. The third kappa shape index (κ3) is 4.99. The van der Waals surface area contributed by atoms with E-state index in [1.165, 1.54) is 0 Å². The Morgan fingerprint density at radius 1 is 1.15 bits per heavy atom. The summed E-state index contributed by atoms with van der Waals surface area (Å²) in [7, 11) is 1.55. The summed E-state index contributed by atoms with van der Waals surface area (Å²) < 4.78 is 5.25. The number of nitrogens with one attached hydrogen (secondary N) is 2. The van der Waals surface area contributed by atoms with Gasteiger partial charge in [0.05, 0.1) is 39.0 Å². The number of benzene rings is 2. The maximum absolute atomic E-state index is 12.5. The minimum atomic E-state index is -0.103. The van der Waals surface area contributed by atoms with Crippen LogP contribution in [-0.2, 0) is 4.79 Å². The van der Waals surface area contributed by atoms with Crippen LogP contribution >= 0.6 is 11.6 Å². The number of amides is 2. The molecular formula is C20H23ClN3O3+. The summed E-state index contributed by atoms with van der Waals surface area (Å²) in [6.45, 7) is 3.08. The molecule has 7 heteroatoms. The molecule has 0 atom stereocenters. The Morgan fingerprint density at radius 2 is 1.85 bits per heavy atom. The molecule has 0 aliphatic carbocycles. The Morgan fingerprint density at radius 3 is 2.52 bits per heavy atom. The van der Waals surface area contributed by atoms with E-state index in [1.54, 1.807) is 25.3 Å². The lowest BCUT2D eigenvalue weighted by atomic mass is 10.2. The highest BCUT2D eigenvalue weighted by Gasteiger charge is 2.26. The Labute approximate surface area is 163 Å². The molecule has 1 heterocycles. The molecule has 27 heavy (non-hydrogen) atoms. The molecule has 6 nitrogen and oxygen atoms in total. The van der Waals surface area contributed by atoms with Crippen LogP contribution in [0, 0.1) is 0 Å². The van der Waals surface area contributed by atoms with Crippen LogP contribution in [0.15, 0.2) is 48.5 Å². The van der Waals surface area contributed by atoms with E-state index in [2.05, 4.69) is 5.32 Å². The zero-order valence-corrected chi connectivity index (χ0v) is 16.0. The molecule has 2 aromatic rings. The molecule has 1 saturated heterocycles. The predicted molar refractivity (Wildman–Crippen MR) is 105 cm³/mol. The summed E-state index contributed by atoms with van der Waals surface area (Å²) in [5, 5.41) is 3.39. The quantitative estimate of drug-likeness (QED) is 0.812. The first-order chi connectivity index (χ1) is 13.1. The first-order valence-electron chi connectivity index (χ1n) is 8.88. The predicted octanol–water partition coefficient (Wildman–Crippen LogP) is 1.33. The number of rotatable bonds is 5. The molecule has 0 saturated carbocycles. The van der Waals surface area contributed by atoms with Crippen LogP contribution in [0.25, 0.3) is 0 Å². The molecule has 1 aliphatic rings. The number of halogens is 1. The summed E-state index contributed by atoms with van der Waals surface area (Å²) >= 11 is 6.00. The normalized spacial score (nSPS) is 14.7. The van der Waals surface area contributed by atoms with Gasteiger partial charge >= 0.3 is 0 Å². The molecule has 0 unspecified atom stereocenters. The number of anilines is 1. The van der Waals surface area contributed by atoms with E-state index in [0.717, 1.165) is 18.0 Å². The van der Waals surface area contributed by atoms with E-state index in [4.69, 9.17) is 16.3 Å². The zero-order chi connectivity index (χ0) is 19.2. The van der Waals surface area contributed by atoms with E-state index >= 15 is 0 Å². The summed E-state index contributed by atoms with van der Waals surface area (Å²) in [6, 6.07) is 14.4. The lowest BCUT2D eigenvalue weighted by Gasteiger charge is -2.32. The van der Waals surface area contributed by atoms with Crippen LogP contribution in [0.2, 0.25) is 5.02 Å². The van der Waals surface area contributed by atoms with E-state index in [-0.39, 0.29) is 11.8 Å². The second-order valence-corrected chi connectivity index (χ2v) is 6.91. The highest BCUT2D eigenvalue weighted by molar-refractivity contribution is 6.31. The number of ether oxygens (including phenoxy) is 1. The second kappa shape index (κ2) is 8.88. The monoisotopic (exact) mass is 388 g/mol. The van der Waals surface area contributed by atoms with Crippen molar-refractivity contribution < 1.29 is 19.2 Å². The Hall–Kier alpha value is -2.57. The van der Waals surface area contributed by atoms with Crippen molar-refractivity contribution in [2.75, 3.05) is 45.2 Å². The summed E-state index contributed by atoms with van der Waals surface area (Å²) in [5.74, 6) is 0.511. The standard InChI is InChI=1S/C20H22ClN3O3/c1-27-18-8-7-16(21)13-17(18)22-19(25)14-23-9-11-24(12-10-23)20(26)15-5-3-2-4-6-15/h2-8,13H,9-12,14H2,1H3,(H,22,25)/p+1. The maximum Gasteiger partial charge on any atom is 0.279 e. The number of hydrogen-bond donors (Lipinski definition) is 2. The zero-order valence-electron chi connectivity index (χ0n) is 15.2. The number of carbonyl (C=O) groups excluding carboxylic acids is 2. The number of quaternary nitrogens is 1. The minimum Gasteiger partial charge on any atom is -0.495 e. The molecule has 2 N–H and O–H groups in total. The van der Waals surface area contributed by atoms with Gasteiger partial charge in [-0.3, -0.25) is 9.59 Å². The molecule has 0 spiro atoms. The van der Waals surface area contributed by atoms with E-state index in [0.29, 0.717) is 41.7 Å². The van der Waals surface area contributed by atoms with Gasteiger partial charge in [-0.15, -0.1) is 0 Å². The lowest BCUT2D eigenvalue weighted by Crippen LogP contribution is -3.15. The van der Waals surface area contributed by atoms with Crippen LogP contribution < -0.4 is 15.0 Å². The fourth-order valence-corrected chi connectivity index (χ4v) is 3.34. The van der Waals surface area contributed by atoms with E-state index < -0.39 is 0 Å². The van der Waals surface area contributed by atoms with Gasteiger partial charge in [-0.2, -0.15) is 0 Å². The Balaban J connectivity index is 1.51. The summed E-state index contributed by atoms with van der Waals surface area (Å²) in [4.78, 5) is 27.9. The number of nitrogens with zero attached hydrogens (tertiary/aromatic N) is 1. The largest absolute Gasteiger partial charge is 0.495 e. The smallest absolute Gasteiger partial charge is 0.279 e. The highest BCUT2D eigenvalue weighted by atomic mass is 35.5. The van der Waals surface area contributed by atoms with Gasteiger partial charge in [0, 0.05) is 10.6 Å². The van der Waals surface area contributed by atoms with Crippen molar-refractivity contribution in [1.29, 1.82) is 0 Å². The molecule has 142 valence electrons. The van der Waals surface area contributed by atoms with Gasteiger partial charge in [-0.25, -0.2) is 0 Å². The minimum absolute atomic E-state index is 0.0442. The van der Waals surface area contributed by atoms with Crippen molar-refractivity contribution >= 4 is 29.1 Å². The van der Waals surface area contributed by atoms with Crippen molar-refractivity contribution in [3.63, 3.8) is 0 Å². The SMILES string of the molecule is COc1ccc(Cl)cc1NC(=O)C[NH+]1CCN(C(=O)c2ccccc2)CC1. The molecule has 1 fully saturated rings. The van der Waals surface area contributed by atoms with Crippen LogP contribution in [0.1, 0.15) is 10.4 Å². The summed E-state index contributed by atoms with van der Waals surface area (Å²) in [6.07, 6.45) is 0. The van der Waals surface area contributed by atoms with E-state index in [9.17, 15) is 9.59 Å². The van der Waals surface area contributed by atoms with Crippen molar-refractivity contribution in [1.82, 2.24) is 4.90 Å². The fourth-order valence-electron chi connectivity index (χ4n) is 3.17. The third-order valence-corrected chi connectivity index (χ3v) is 4.86. The highest BCUT2D eigenvalue weighted by Crippen LogP contribution is 2.27. The average molecular weight is 389 g/mol. The number of hydrogen-bond acceptors (Lipinski definition) is 3. The van der Waals surface area contributed by atoms with Crippen LogP contribution in [0.4, 0.5) is 5.69 Å². The molecular weight excluding hydrogens is 366 g/mol. The number of methoxy groups -OCH3 is 1.